The van der Waals surface area contributed by atoms with E-state index < -0.39 is 112 Å². The number of likely N-dealkylation sites (N-methyl/N-ethyl adjacent to an activating group) is 2. The number of carbonyl (C=O) groups excluding carboxylic acids is 1. The van der Waals surface area contributed by atoms with E-state index in [4.69, 9.17) is 28.4 Å². The minimum atomic E-state index is -3.05. The first-order valence-electron chi connectivity index (χ1n) is 26.1. The molecule has 0 bridgehead atoms. The largest absolute Gasteiger partial charge is 0.448 e. The van der Waals surface area contributed by atoms with Crippen LogP contribution in [0.2, 0.25) is 0 Å². The maximum absolute atomic E-state index is 15.3. The topological polar surface area (TPSA) is 237 Å². The van der Waals surface area contributed by atoms with Crippen LogP contribution in [-0.2, 0) is 52.1 Å². The van der Waals surface area contributed by atoms with Crippen molar-refractivity contribution in [2.45, 2.75) is 202 Å². The number of esters is 1. The van der Waals surface area contributed by atoms with Gasteiger partial charge in [0.05, 0.1) is 47.2 Å². The number of aliphatic hydroxyl groups is 5. The van der Waals surface area contributed by atoms with Crippen LogP contribution in [0.15, 0.2) is 49.2 Å². The van der Waals surface area contributed by atoms with Gasteiger partial charge in [-0.1, -0.05) is 43.3 Å². The normalized spacial score (nSPS) is 38.2. The first-order valence-corrected chi connectivity index (χ1v) is 27.4. The molecule has 1 aromatic carbocycles. The van der Waals surface area contributed by atoms with Crippen LogP contribution in [0.5, 0.6) is 0 Å². The molecule has 19 nitrogen and oxygen atoms in total. The maximum atomic E-state index is 15.3. The number of aryl methyl sites for hydroxylation is 1. The molecule has 18 atom stereocenters. The average molecular weight is 1170 g/mol. The molecule has 3 aliphatic heterocycles. The number of cyclic esters (lactones) is 1. The molecule has 2 aromatic heterocycles. The molecule has 0 amide bonds. The van der Waals surface area contributed by atoms with E-state index in [0.29, 0.717) is 31.6 Å². The zero-order valence-corrected chi connectivity index (χ0v) is 47.7. The van der Waals surface area contributed by atoms with Gasteiger partial charge in [0.25, 0.3) is 5.92 Å². The molecule has 22 heteroatoms. The second-order valence-electron chi connectivity index (χ2n) is 22.3. The molecule has 6 rings (SSSR count). The summed E-state index contributed by atoms with van der Waals surface area (Å²) in [6, 6.07) is 5.05. The number of alkyl halides is 3. The van der Waals surface area contributed by atoms with E-state index in [1.165, 1.54) is 32.5 Å². The number of hydrogen-bond acceptors (Lipinski definition) is 18. The molecule has 0 radical (unpaired) electrons. The lowest BCUT2D eigenvalue weighted by molar-refractivity contribution is -0.318. The van der Waals surface area contributed by atoms with Gasteiger partial charge in [-0.2, -0.15) is 0 Å². The Morgan fingerprint density at radius 1 is 0.947 bits per heavy atom. The number of rotatable bonds is 15. The molecule has 0 aliphatic carbocycles. The van der Waals surface area contributed by atoms with Crippen molar-refractivity contribution >= 4 is 28.6 Å². The number of aromatic nitrogens is 5. The van der Waals surface area contributed by atoms with Gasteiger partial charge in [-0.15, -0.1) is 5.10 Å². The Bertz CT molecular complexity index is 2270. The van der Waals surface area contributed by atoms with Crippen LogP contribution < -0.4 is 0 Å². The number of carbonyl (C=O) groups is 1. The highest BCUT2D eigenvalue weighted by Gasteiger charge is 2.53. The predicted molar refractivity (Wildman–Crippen MR) is 281 cm³/mol. The van der Waals surface area contributed by atoms with Crippen molar-refractivity contribution in [2.75, 3.05) is 34.3 Å². The van der Waals surface area contributed by atoms with E-state index in [1.54, 1.807) is 76.9 Å². The molecule has 0 saturated carbocycles. The van der Waals surface area contributed by atoms with E-state index in [1.807, 2.05) is 60.3 Å². The Hall–Kier alpha value is -2.98. The molecular formula is C53H82F2IN7O12. The highest BCUT2D eigenvalue weighted by molar-refractivity contribution is 14.1. The fraction of sp³-hybridized carbons (Fsp3) is 0.755. The highest BCUT2D eigenvalue weighted by atomic mass is 127. The van der Waals surface area contributed by atoms with Crippen molar-refractivity contribution in [3.05, 3.63) is 60.4 Å². The van der Waals surface area contributed by atoms with Crippen molar-refractivity contribution in [3.8, 4) is 11.1 Å². The minimum absolute atomic E-state index is 0.0764. The Labute approximate surface area is 454 Å². The van der Waals surface area contributed by atoms with Gasteiger partial charge >= 0.3 is 5.97 Å². The van der Waals surface area contributed by atoms with Gasteiger partial charge in [0.2, 0.25) is 0 Å². The van der Waals surface area contributed by atoms with Crippen molar-refractivity contribution in [3.63, 3.8) is 0 Å². The fourth-order valence-corrected chi connectivity index (χ4v) is 11.7. The lowest BCUT2D eigenvalue weighted by Crippen LogP contribution is -2.60. The van der Waals surface area contributed by atoms with Crippen LogP contribution in [0.4, 0.5) is 8.78 Å². The van der Waals surface area contributed by atoms with Gasteiger partial charge in [-0.25, -0.2) is 18.7 Å². The summed E-state index contributed by atoms with van der Waals surface area (Å²) in [5.74, 6) is -5.98. The second kappa shape index (κ2) is 25.4. The molecule has 5 heterocycles. The van der Waals surface area contributed by atoms with Crippen molar-refractivity contribution in [2.24, 2.45) is 17.8 Å². The number of halogens is 3. The van der Waals surface area contributed by atoms with Gasteiger partial charge in [0.15, 0.2) is 16.7 Å². The van der Waals surface area contributed by atoms with E-state index in [0.717, 1.165) is 11.1 Å². The van der Waals surface area contributed by atoms with Gasteiger partial charge in [0.1, 0.15) is 30.2 Å². The SMILES string of the molecule is CO[C@]1(C)C[C@H](O[C@H]2[C@H](C)[C@@H](O[C@@H]3O[C@H](C)C[C@H](N(C)CCc4cn(CCCC(F)(F)c5ccc(-c6cncnc6)cc5)nn4)[C@H]3O)[C@](C)(O)C[C@@H](C)CN(C)[C@H](C)[C@@H](O)[C@](C)(O)[C@@H](I)OC(=O)[C@@H]2C)O[C@@H](C)[C@@H]1O. The summed E-state index contributed by atoms with van der Waals surface area (Å²) in [5.41, 5.74) is -2.57. The quantitative estimate of drug-likeness (QED) is 0.0755. The lowest BCUT2D eigenvalue weighted by atomic mass is 9.77. The highest BCUT2D eigenvalue weighted by Crippen LogP contribution is 2.41. The summed E-state index contributed by atoms with van der Waals surface area (Å²) in [6.07, 6.45) is -1.97. The molecule has 3 fully saturated rings. The van der Waals surface area contributed by atoms with E-state index in [9.17, 15) is 30.3 Å². The van der Waals surface area contributed by atoms with Crippen molar-refractivity contribution < 1.29 is 67.5 Å². The molecule has 75 heavy (non-hydrogen) atoms. The molecule has 0 spiro atoms. The number of aliphatic hydroxyl groups excluding tert-OH is 3. The van der Waals surface area contributed by atoms with Crippen molar-refractivity contribution in [1.82, 2.24) is 34.8 Å². The lowest BCUT2D eigenvalue weighted by Gasteiger charge is -2.49. The third-order valence-electron chi connectivity index (χ3n) is 15.9. The third kappa shape index (κ3) is 14.8. The third-order valence-corrected chi connectivity index (χ3v) is 17.4. The van der Waals surface area contributed by atoms with Crippen LogP contribution in [0.1, 0.15) is 106 Å². The zero-order chi connectivity index (χ0) is 55.4. The molecule has 422 valence electrons. The summed E-state index contributed by atoms with van der Waals surface area (Å²) < 4.78 is 68.9. The fourth-order valence-electron chi connectivity index (χ4n) is 11.1. The van der Waals surface area contributed by atoms with Gasteiger partial charge in [-0.05, 0) is 116 Å². The standard InChI is InChI=1S/C53H82F2IN7O12/c1-30-23-50(7,68)46(32(3)43(73-41-24-51(8,70-12)45(66)35(6)72-41)33(4)47(67)75-49(56)52(9,69)44(65)34(5)62(11)27-30)74-48-42(64)40(22-31(2)71-48)61(10)21-18-39-28-63(60-59-39)20-13-19-53(54,55)38-16-14-36(15-17-38)37-25-57-29-58-26-37/h14-17,25-26,28-35,40-46,48-49,64-66,68-69H,13,18-24,27H2,1-12H3/t30-,31-,32+,33-,34-,35+,40+,41+,42-,43+,44-,45+,46-,48+,49+,50-,51-,52+/m1/s1. The molecule has 0 unspecified atom stereocenters. The predicted octanol–water partition coefficient (Wildman–Crippen LogP) is 5.12. The summed E-state index contributed by atoms with van der Waals surface area (Å²) in [4.78, 5) is 26.2. The number of hydrogen-bond donors (Lipinski definition) is 5. The summed E-state index contributed by atoms with van der Waals surface area (Å²) in [7, 11) is 5.17. The van der Waals surface area contributed by atoms with Crippen molar-refractivity contribution in [1.29, 1.82) is 0 Å². The first kappa shape index (κ1) is 61.2. The van der Waals surface area contributed by atoms with Crippen LogP contribution in [0.25, 0.3) is 11.1 Å². The van der Waals surface area contributed by atoms with Crippen LogP contribution in [0, 0.1) is 17.8 Å². The van der Waals surface area contributed by atoms with Gasteiger partial charge < -0.3 is 63.8 Å². The van der Waals surface area contributed by atoms with Crippen LogP contribution in [0.3, 0.4) is 0 Å². The van der Waals surface area contributed by atoms with Crippen LogP contribution in [-0.4, -0.2) is 189 Å². The zero-order valence-electron chi connectivity index (χ0n) is 45.5. The monoisotopic (exact) mass is 1170 g/mol. The minimum Gasteiger partial charge on any atom is -0.448 e. The summed E-state index contributed by atoms with van der Waals surface area (Å²) in [6.45, 7) is 16.6. The van der Waals surface area contributed by atoms with Gasteiger partial charge in [-0.3, -0.25) is 9.48 Å². The molecule has 3 aromatic rings. The van der Waals surface area contributed by atoms with E-state index in [-0.39, 0.29) is 43.7 Å². The number of ether oxygens (including phenoxy) is 6. The summed E-state index contributed by atoms with van der Waals surface area (Å²) in [5, 5.41) is 67.8. The Kier molecular flexibility index (Phi) is 20.8. The number of nitrogens with zero attached hydrogens (tertiary/aromatic N) is 7. The van der Waals surface area contributed by atoms with E-state index >= 15 is 8.78 Å². The van der Waals surface area contributed by atoms with Crippen LogP contribution >= 0.6 is 22.6 Å². The Balaban J connectivity index is 1.18. The van der Waals surface area contributed by atoms with Gasteiger partial charge in [0, 0.05) is 93.7 Å². The number of methoxy groups -OCH3 is 1. The first-order chi connectivity index (χ1) is 35.1. The molecular weight excluding hydrogens is 1090 g/mol. The Morgan fingerprint density at radius 2 is 1.61 bits per heavy atom. The molecule has 5 N–H and O–H groups in total. The maximum Gasteiger partial charge on any atom is 0.312 e. The molecule has 3 aliphatic rings. The molecule has 3 saturated heterocycles. The second-order valence-corrected chi connectivity index (χ2v) is 23.5. The smallest absolute Gasteiger partial charge is 0.312 e. The summed E-state index contributed by atoms with van der Waals surface area (Å²) >= 11 is 1.81. The Morgan fingerprint density at radius 3 is 2.27 bits per heavy atom. The van der Waals surface area contributed by atoms with E-state index in [2.05, 4.69) is 20.3 Å². The average Bonchev–Trinajstić information content (AvgIpc) is 3.82. The number of benzene rings is 1.